The fraction of sp³-hybridized carbons (Fsp3) is 0.348. The van der Waals surface area contributed by atoms with Crippen LogP contribution in [0, 0.1) is 19.8 Å². The Morgan fingerprint density at radius 1 is 1.12 bits per heavy atom. The molecule has 1 aromatic heterocycles. The Morgan fingerprint density at radius 3 is 2.48 bits per heavy atom. The van der Waals surface area contributed by atoms with Crippen LogP contribution in [0.1, 0.15) is 29.9 Å². The van der Waals surface area contributed by atoms with Gasteiger partial charge in [0, 0.05) is 23.7 Å². The number of piperidine rings is 1. The van der Waals surface area contributed by atoms with E-state index in [0.29, 0.717) is 23.7 Å². The average Bonchev–Trinajstić information content (AvgIpc) is 3.29. The number of nitrogens with zero attached hydrogens (tertiary/aromatic N) is 3. The highest BCUT2D eigenvalue weighted by Crippen LogP contribution is 2.26. The van der Waals surface area contributed by atoms with E-state index in [0.717, 1.165) is 16.7 Å². The zero-order chi connectivity index (χ0) is 23.6. The van der Waals surface area contributed by atoms with Crippen molar-refractivity contribution in [3.05, 3.63) is 64.5 Å². The highest BCUT2D eigenvalue weighted by Gasteiger charge is 2.33. The van der Waals surface area contributed by atoms with Crippen molar-refractivity contribution in [2.45, 2.75) is 38.2 Å². The molecular formula is C23H24ClN3O5S. The van der Waals surface area contributed by atoms with E-state index >= 15 is 0 Å². The van der Waals surface area contributed by atoms with Crippen LogP contribution < -0.4 is 0 Å². The van der Waals surface area contributed by atoms with Crippen molar-refractivity contribution in [2.75, 3.05) is 13.1 Å². The maximum atomic E-state index is 13.0. The zero-order valence-corrected chi connectivity index (χ0v) is 19.9. The van der Waals surface area contributed by atoms with E-state index in [1.54, 1.807) is 36.4 Å². The number of aromatic nitrogens is 2. The first-order chi connectivity index (χ1) is 15.7. The molecule has 0 N–H and O–H groups in total. The van der Waals surface area contributed by atoms with Gasteiger partial charge < -0.3 is 9.26 Å². The molecule has 10 heteroatoms. The van der Waals surface area contributed by atoms with Gasteiger partial charge in [-0.15, -0.1) is 0 Å². The van der Waals surface area contributed by atoms with Crippen LogP contribution in [0.5, 0.6) is 0 Å². The molecular weight excluding hydrogens is 466 g/mol. The lowest BCUT2D eigenvalue weighted by molar-refractivity contribution is -0.152. The third-order valence-electron chi connectivity index (χ3n) is 5.81. The molecule has 0 saturated carbocycles. The summed E-state index contributed by atoms with van der Waals surface area (Å²) >= 11 is 5.88. The van der Waals surface area contributed by atoms with Crippen LogP contribution in [0.15, 0.2) is 51.9 Å². The number of aryl methyl sites for hydroxylation is 2. The minimum atomic E-state index is -3.59. The minimum Gasteiger partial charge on any atom is -0.455 e. The summed E-state index contributed by atoms with van der Waals surface area (Å²) in [6.45, 7) is 4.21. The molecule has 4 rings (SSSR count). The second-order valence-corrected chi connectivity index (χ2v) is 10.4. The summed E-state index contributed by atoms with van der Waals surface area (Å²) in [6.07, 6.45) is 0.783. The summed E-state index contributed by atoms with van der Waals surface area (Å²) in [4.78, 5) is 17.0. The van der Waals surface area contributed by atoms with E-state index in [1.165, 1.54) is 4.31 Å². The number of esters is 1. The smallest absolute Gasteiger partial charge is 0.309 e. The molecule has 0 spiro atoms. The number of halogens is 1. The second kappa shape index (κ2) is 9.62. The Hall–Kier alpha value is -2.75. The van der Waals surface area contributed by atoms with Gasteiger partial charge >= 0.3 is 5.97 Å². The number of hydrogen-bond donors (Lipinski definition) is 0. The largest absolute Gasteiger partial charge is 0.455 e. The first kappa shape index (κ1) is 23.4. The van der Waals surface area contributed by atoms with Crippen LogP contribution in [0.2, 0.25) is 5.02 Å². The molecule has 0 atom stereocenters. The topological polar surface area (TPSA) is 103 Å². The highest BCUT2D eigenvalue weighted by atomic mass is 35.5. The monoisotopic (exact) mass is 489 g/mol. The van der Waals surface area contributed by atoms with Crippen LogP contribution in [-0.4, -0.2) is 41.9 Å². The quantitative estimate of drug-likeness (QED) is 0.479. The van der Waals surface area contributed by atoms with Gasteiger partial charge in [0.1, 0.15) is 0 Å². The standard InChI is InChI=1S/C23H24ClN3O5S/c1-15-3-8-20(13-16(15)2)33(29,30)27-11-9-18(10-12-27)23(28)31-14-21-25-22(26-32-21)17-4-6-19(24)7-5-17/h3-8,13,18H,9-12,14H2,1-2H3. The molecule has 0 aliphatic carbocycles. The first-order valence-corrected chi connectivity index (χ1v) is 12.4. The molecule has 0 amide bonds. The molecule has 1 fully saturated rings. The van der Waals surface area contributed by atoms with Crippen LogP contribution >= 0.6 is 11.6 Å². The van der Waals surface area contributed by atoms with E-state index < -0.39 is 16.0 Å². The Kier molecular flexibility index (Phi) is 6.83. The van der Waals surface area contributed by atoms with E-state index in [1.807, 2.05) is 19.9 Å². The molecule has 1 aliphatic heterocycles. The average molecular weight is 490 g/mol. The van der Waals surface area contributed by atoms with Gasteiger partial charge in [-0.2, -0.15) is 9.29 Å². The van der Waals surface area contributed by atoms with Gasteiger partial charge in [-0.05, 0) is 74.2 Å². The van der Waals surface area contributed by atoms with Gasteiger partial charge in [0.25, 0.3) is 5.89 Å². The van der Waals surface area contributed by atoms with Gasteiger partial charge in [0.2, 0.25) is 15.8 Å². The van der Waals surface area contributed by atoms with Crippen molar-refractivity contribution in [3.63, 3.8) is 0 Å². The van der Waals surface area contributed by atoms with Crippen molar-refractivity contribution in [2.24, 2.45) is 5.92 Å². The fourth-order valence-corrected chi connectivity index (χ4v) is 5.32. The number of sulfonamides is 1. The molecule has 2 aromatic carbocycles. The van der Waals surface area contributed by atoms with Crippen molar-refractivity contribution < 1.29 is 22.5 Å². The predicted octanol–water partition coefficient (Wildman–Crippen LogP) is 4.15. The molecule has 8 nitrogen and oxygen atoms in total. The normalized spacial score (nSPS) is 15.5. The van der Waals surface area contributed by atoms with Gasteiger partial charge in [-0.25, -0.2) is 8.42 Å². The number of carbonyl (C=O) groups is 1. The molecule has 0 radical (unpaired) electrons. The number of benzene rings is 2. The molecule has 174 valence electrons. The summed E-state index contributed by atoms with van der Waals surface area (Å²) in [7, 11) is -3.59. The summed E-state index contributed by atoms with van der Waals surface area (Å²) < 4.78 is 37.8. The molecule has 1 saturated heterocycles. The maximum absolute atomic E-state index is 13.0. The molecule has 0 unspecified atom stereocenters. The van der Waals surface area contributed by atoms with E-state index in [9.17, 15) is 13.2 Å². The van der Waals surface area contributed by atoms with Crippen LogP contribution in [0.25, 0.3) is 11.4 Å². The van der Waals surface area contributed by atoms with Crippen molar-refractivity contribution in [1.29, 1.82) is 0 Å². The van der Waals surface area contributed by atoms with E-state index in [4.69, 9.17) is 20.9 Å². The van der Waals surface area contributed by atoms with Crippen molar-refractivity contribution >= 4 is 27.6 Å². The first-order valence-electron chi connectivity index (χ1n) is 10.6. The Bertz CT molecular complexity index is 1250. The third-order valence-corrected chi connectivity index (χ3v) is 7.96. The Morgan fingerprint density at radius 2 is 1.82 bits per heavy atom. The van der Waals surface area contributed by atoms with E-state index in [-0.39, 0.29) is 36.4 Å². The molecule has 33 heavy (non-hydrogen) atoms. The lowest BCUT2D eigenvalue weighted by Crippen LogP contribution is -2.40. The summed E-state index contributed by atoms with van der Waals surface area (Å²) in [5.41, 5.74) is 2.70. The SMILES string of the molecule is Cc1ccc(S(=O)(=O)N2CCC(C(=O)OCc3nc(-c4ccc(Cl)cc4)no3)CC2)cc1C. The number of ether oxygens (including phenoxy) is 1. The fourth-order valence-electron chi connectivity index (χ4n) is 3.64. The zero-order valence-electron chi connectivity index (χ0n) is 18.3. The van der Waals surface area contributed by atoms with Gasteiger partial charge in [0.15, 0.2) is 6.61 Å². The minimum absolute atomic E-state index is 0.138. The third kappa shape index (κ3) is 5.26. The number of rotatable bonds is 6. The van der Waals surface area contributed by atoms with Crippen LogP contribution in [-0.2, 0) is 26.2 Å². The van der Waals surface area contributed by atoms with Gasteiger partial charge in [-0.1, -0.05) is 22.8 Å². The van der Waals surface area contributed by atoms with Crippen LogP contribution in [0.4, 0.5) is 0 Å². The molecule has 2 heterocycles. The van der Waals surface area contributed by atoms with Gasteiger partial charge in [-0.3, -0.25) is 4.79 Å². The molecule has 1 aliphatic rings. The number of hydrogen-bond acceptors (Lipinski definition) is 7. The lowest BCUT2D eigenvalue weighted by atomic mass is 9.98. The predicted molar refractivity (Wildman–Crippen MR) is 122 cm³/mol. The maximum Gasteiger partial charge on any atom is 0.309 e. The highest BCUT2D eigenvalue weighted by molar-refractivity contribution is 7.89. The summed E-state index contributed by atoms with van der Waals surface area (Å²) in [6, 6.07) is 12.1. The summed E-state index contributed by atoms with van der Waals surface area (Å²) in [5, 5.41) is 4.49. The van der Waals surface area contributed by atoms with E-state index in [2.05, 4.69) is 10.1 Å². The lowest BCUT2D eigenvalue weighted by Gasteiger charge is -2.30. The van der Waals surface area contributed by atoms with Gasteiger partial charge in [0.05, 0.1) is 10.8 Å². The van der Waals surface area contributed by atoms with Crippen molar-refractivity contribution in [1.82, 2.24) is 14.4 Å². The molecule has 3 aromatic rings. The molecule has 0 bridgehead atoms. The Balaban J connectivity index is 1.31. The van der Waals surface area contributed by atoms with Crippen LogP contribution in [0.3, 0.4) is 0 Å². The van der Waals surface area contributed by atoms with Crippen molar-refractivity contribution in [3.8, 4) is 11.4 Å². The second-order valence-electron chi connectivity index (χ2n) is 8.05. The summed E-state index contributed by atoms with van der Waals surface area (Å²) in [5.74, 6) is -0.218. The number of carbonyl (C=O) groups excluding carboxylic acids is 1. The Labute approximate surface area is 197 Å².